The lowest BCUT2D eigenvalue weighted by Gasteiger charge is -2.19. The average Bonchev–Trinajstić information content (AvgIpc) is 2.75. The first-order chi connectivity index (χ1) is 14.4. The van der Waals surface area contributed by atoms with Gasteiger partial charge < -0.3 is 14.8 Å². The van der Waals surface area contributed by atoms with Gasteiger partial charge in [0.25, 0.3) is 15.9 Å². The summed E-state index contributed by atoms with van der Waals surface area (Å²) in [7, 11) is -4.00. The van der Waals surface area contributed by atoms with Gasteiger partial charge in [-0.15, -0.1) is 0 Å². The summed E-state index contributed by atoms with van der Waals surface area (Å²) in [5, 5.41) is 2.72. The molecule has 0 saturated carbocycles. The van der Waals surface area contributed by atoms with Crippen molar-refractivity contribution >= 4 is 27.3 Å². The van der Waals surface area contributed by atoms with Crippen LogP contribution in [0, 0.1) is 5.82 Å². The van der Waals surface area contributed by atoms with Gasteiger partial charge in [0.1, 0.15) is 19.0 Å². The number of fused-ring (bicyclic) bond motifs is 1. The molecule has 1 heterocycles. The highest BCUT2D eigenvalue weighted by atomic mass is 32.2. The van der Waals surface area contributed by atoms with E-state index in [1.165, 1.54) is 42.5 Å². The molecule has 1 amide bonds. The number of nitrogens with one attached hydrogen (secondary N) is 2. The van der Waals surface area contributed by atoms with E-state index in [9.17, 15) is 17.6 Å². The fourth-order valence-electron chi connectivity index (χ4n) is 2.86. The van der Waals surface area contributed by atoms with Gasteiger partial charge in [0.15, 0.2) is 11.5 Å². The highest BCUT2D eigenvalue weighted by Crippen LogP contribution is 2.32. The molecule has 154 valence electrons. The molecule has 4 rings (SSSR count). The molecule has 0 bridgehead atoms. The first kappa shape index (κ1) is 19.7. The van der Waals surface area contributed by atoms with Gasteiger partial charge in [-0.05, 0) is 48.5 Å². The maximum atomic E-state index is 13.7. The molecule has 2 N–H and O–H groups in total. The van der Waals surface area contributed by atoms with Gasteiger partial charge in [-0.3, -0.25) is 9.52 Å². The van der Waals surface area contributed by atoms with E-state index in [4.69, 9.17) is 9.47 Å². The van der Waals surface area contributed by atoms with Crippen LogP contribution < -0.4 is 19.5 Å². The van der Waals surface area contributed by atoms with Crippen LogP contribution in [-0.4, -0.2) is 27.5 Å². The summed E-state index contributed by atoms with van der Waals surface area (Å²) in [4.78, 5) is 12.4. The minimum atomic E-state index is -4.00. The Morgan fingerprint density at radius 2 is 1.60 bits per heavy atom. The molecule has 7 nitrogen and oxygen atoms in total. The van der Waals surface area contributed by atoms with E-state index in [-0.39, 0.29) is 16.1 Å². The summed E-state index contributed by atoms with van der Waals surface area (Å²) in [5.41, 5.74) is 0.620. The number of hydrogen-bond acceptors (Lipinski definition) is 5. The van der Waals surface area contributed by atoms with Gasteiger partial charge in [-0.2, -0.15) is 0 Å². The van der Waals surface area contributed by atoms with Crippen molar-refractivity contribution in [2.45, 2.75) is 4.90 Å². The molecule has 1 aliphatic heterocycles. The molecule has 0 radical (unpaired) electrons. The second-order valence-electron chi connectivity index (χ2n) is 6.42. The highest BCUT2D eigenvalue weighted by molar-refractivity contribution is 7.92. The van der Waals surface area contributed by atoms with E-state index < -0.39 is 21.7 Å². The third kappa shape index (κ3) is 4.20. The predicted molar refractivity (Wildman–Crippen MR) is 109 cm³/mol. The molecule has 0 aliphatic carbocycles. The lowest BCUT2D eigenvalue weighted by atomic mass is 10.2. The third-order valence-corrected chi connectivity index (χ3v) is 5.73. The smallest absolute Gasteiger partial charge is 0.261 e. The zero-order valence-electron chi connectivity index (χ0n) is 15.6. The number of rotatable bonds is 5. The number of hydrogen-bond donors (Lipinski definition) is 2. The molecule has 0 fully saturated rings. The van der Waals surface area contributed by atoms with Gasteiger partial charge in [-0.25, -0.2) is 12.8 Å². The topological polar surface area (TPSA) is 93.7 Å². The zero-order valence-corrected chi connectivity index (χ0v) is 16.4. The molecule has 3 aromatic carbocycles. The van der Waals surface area contributed by atoms with Gasteiger partial charge in [0.05, 0.1) is 10.6 Å². The Morgan fingerprint density at radius 3 is 2.33 bits per heavy atom. The Labute approximate surface area is 172 Å². The summed E-state index contributed by atoms with van der Waals surface area (Å²) in [5.74, 6) is 0.0464. The number of para-hydroxylation sites is 1. The predicted octanol–water partition coefficient (Wildman–Crippen LogP) is 3.65. The molecule has 9 heteroatoms. The number of benzene rings is 3. The average molecular weight is 428 g/mol. The van der Waals surface area contributed by atoms with Crippen LogP contribution in [0.2, 0.25) is 0 Å². The van der Waals surface area contributed by atoms with E-state index in [2.05, 4.69) is 10.0 Å². The van der Waals surface area contributed by atoms with E-state index in [1.54, 1.807) is 18.2 Å². The summed E-state index contributed by atoms with van der Waals surface area (Å²) in [6.45, 7) is 0.904. The molecule has 1 aliphatic rings. The van der Waals surface area contributed by atoms with Crippen LogP contribution in [0.3, 0.4) is 0 Å². The van der Waals surface area contributed by atoms with E-state index in [0.29, 0.717) is 30.4 Å². The Morgan fingerprint density at radius 1 is 0.900 bits per heavy atom. The Kier molecular flexibility index (Phi) is 5.28. The molecular formula is C21H17FN2O5S. The number of carbonyl (C=O) groups excluding carboxylic acids is 1. The van der Waals surface area contributed by atoms with Gasteiger partial charge in [0, 0.05) is 17.3 Å². The molecule has 0 saturated heterocycles. The minimum Gasteiger partial charge on any atom is -0.486 e. The molecule has 3 aromatic rings. The SMILES string of the molecule is O=C(Nc1ccc2c(c1)OCCO2)c1ccc(S(=O)(=O)Nc2ccccc2F)cc1. The van der Waals surface area contributed by atoms with Crippen LogP contribution >= 0.6 is 0 Å². The number of sulfonamides is 1. The molecule has 0 unspecified atom stereocenters. The summed E-state index contributed by atoms with van der Waals surface area (Å²) in [6.07, 6.45) is 0. The second-order valence-corrected chi connectivity index (χ2v) is 8.10. The van der Waals surface area contributed by atoms with E-state index in [0.717, 1.165) is 6.07 Å². The zero-order chi connectivity index (χ0) is 21.1. The van der Waals surface area contributed by atoms with Crippen molar-refractivity contribution in [3.05, 3.63) is 78.1 Å². The first-order valence-electron chi connectivity index (χ1n) is 9.01. The van der Waals surface area contributed by atoms with Crippen molar-refractivity contribution in [2.24, 2.45) is 0 Å². The van der Waals surface area contributed by atoms with Crippen LogP contribution in [0.5, 0.6) is 11.5 Å². The molecule has 30 heavy (non-hydrogen) atoms. The summed E-state index contributed by atoms with van der Waals surface area (Å²) in [6, 6.07) is 15.8. The van der Waals surface area contributed by atoms with Crippen LogP contribution in [0.15, 0.2) is 71.6 Å². The van der Waals surface area contributed by atoms with E-state index in [1.807, 2.05) is 0 Å². The Balaban J connectivity index is 1.47. The standard InChI is InChI=1S/C21H17FN2O5S/c22-17-3-1-2-4-18(17)24-30(26,27)16-8-5-14(6-9-16)21(25)23-15-7-10-19-20(13-15)29-12-11-28-19/h1-10,13,24H,11-12H2,(H,23,25). The number of anilines is 2. The maximum Gasteiger partial charge on any atom is 0.261 e. The fourth-order valence-corrected chi connectivity index (χ4v) is 3.92. The Hall–Kier alpha value is -3.59. The van der Waals surface area contributed by atoms with E-state index >= 15 is 0 Å². The van der Waals surface area contributed by atoms with Gasteiger partial charge in [0.2, 0.25) is 0 Å². The number of carbonyl (C=O) groups is 1. The Bertz CT molecular complexity index is 1200. The number of ether oxygens (including phenoxy) is 2. The van der Waals surface area contributed by atoms with Crippen molar-refractivity contribution < 1.29 is 27.1 Å². The first-order valence-corrected chi connectivity index (χ1v) is 10.5. The van der Waals surface area contributed by atoms with Crippen molar-refractivity contribution in [3.8, 4) is 11.5 Å². The highest BCUT2D eigenvalue weighted by Gasteiger charge is 2.18. The summed E-state index contributed by atoms with van der Waals surface area (Å²) < 4.78 is 51.8. The molecular weight excluding hydrogens is 411 g/mol. The largest absolute Gasteiger partial charge is 0.486 e. The third-order valence-electron chi connectivity index (χ3n) is 4.35. The van der Waals surface area contributed by atoms with Crippen molar-refractivity contribution in [2.75, 3.05) is 23.3 Å². The van der Waals surface area contributed by atoms with Gasteiger partial charge in [-0.1, -0.05) is 12.1 Å². The van der Waals surface area contributed by atoms with Crippen LogP contribution in [0.25, 0.3) is 0 Å². The fraction of sp³-hybridized carbons (Fsp3) is 0.0952. The number of amides is 1. The second kappa shape index (κ2) is 8.03. The van der Waals surface area contributed by atoms with Crippen LogP contribution in [0.1, 0.15) is 10.4 Å². The maximum absolute atomic E-state index is 13.7. The quantitative estimate of drug-likeness (QED) is 0.647. The molecule has 0 spiro atoms. The monoisotopic (exact) mass is 428 g/mol. The molecule has 0 atom stereocenters. The minimum absolute atomic E-state index is 0.0957. The normalized spacial score (nSPS) is 12.8. The van der Waals surface area contributed by atoms with Gasteiger partial charge >= 0.3 is 0 Å². The molecule has 0 aromatic heterocycles. The van der Waals surface area contributed by atoms with Crippen molar-refractivity contribution in [3.63, 3.8) is 0 Å². The van der Waals surface area contributed by atoms with Crippen LogP contribution in [-0.2, 0) is 10.0 Å². The van der Waals surface area contributed by atoms with Crippen molar-refractivity contribution in [1.29, 1.82) is 0 Å². The van der Waals surface area contributed by atoms with Crippen molar-refractivity contribution in [1.82, 2.24) is 0 Å². The van der Waals surface area contributed by atoms with Crippen LogP contribution in [0.4, 0.5) is 15.8 Å². The summed E-state index contributed by atoms with van der Waals surface area (Å²) >= 11 is 0. The lowest BCUT2D eigenvalue weighted by Crippen LogP contribution is -2.17. The lowest BCUT2D eigenvalue weighted by molar-refractivity contribution is 0.102. The number of halogens is 1.